The van der Waals surface area contributed by atoms with E-state index in [2.05, 4.69) is 0 Å². The van der Waals surface area contributed by atoms with Crippen molar-refractivity contribution in [2.75, 3.05) is 6.61 Å². The maximum Gasteiger partial charge on any atom is 0.308 e. The fraction of sp³-hybridized carbons (Fsp3) is 0.781. The van der Waals surface area contributed by atoms with Crippen LogP contribution in [-0.2, 0) is 28.6 Å². The molecule has 1 unspecified atom stereocenters. The Balaban J connectivity index is 1.38. The Labute approximate surface area is 234 Å². The van der Waals surface area contributed by atoms with E-state index in [1.165, 1.54) is 12.5 Å². The van der Waals surface area contributed by atoms with E-state index in [1.54, 1.807) is 19.9 Å². The standard InChI is InChI=1S/C32H44O7/c1-18(2)28(36)37-17-25(35)32-26(38-29(39-32)19-8-6-5-7-9-19)15-23-22-11-10-20-14-21(33)12-13-30(20,3)27(22)24(34)16-31(23,32)4/h10,12-13,18-19,22-24,26-27,29,34H,5-9,11,14-17H2,1-4H3/t22-,23-,24-,26+,27+,29+,30-,31-,32+/m0/s1/i10D,14D/t14?,22-,23-,24-,26+,27+,29+,30-,31-,32+. The molecule has 0 aromatic heterocycles. The highest BCUT2D eigenvalue weighted by molar-refractivity contribution is 5.94. The number of fused-ring (bicyclic) bond motifs is 7. The number of ketones is 2. The number of Topliss-reactive ketones (excluding diaryl/α,β-unsaturated/α-hetero) is 1. The quantitative estimate of drug-likeness (QED) is 0.397. The number of aliphatic hydroxyl groups excluding tert-OH is 1. The number of carbonyl (C=O) groups excluding carboxylic acids is 3. The van der Waals surface area contributed by atoms with Crippen LogP contribution in [0.4, 0.5) is 0 Å². The Kier molecular flexibility index (Phi) is 6.15. The number of ether oxygens (including phenoxy) is 3. The van der Waals surface area contributed by atoms with Crippen LogP contribution in [0.25, 0.3) is 0 Å². The van der Waals surface area contributed by atoms with Crippen LogP contribution < -0.4 is 0 Å². The lowest BCUT2D eigenvalue weighted by Gasteiger charge is -2.59. The summed E-state index contributed by atoms with van der Waals surface area (Å²) in [6, 6.07) is 0.285. The summed E-state index contributed by atoms with van der Waals surface area (Å²) in [5.41, 5.74) is -2.49. The SMILES string of the molecule is [2H]C1=C2C([2H])C(=O)C=C[C@]2(C)[C@@H]2[C@@H](C1)[C@@H]1C[C@H]3O[C@@H](C4CCCCC4)O[C@@]3(C(=O)COC(=O)C(C)C)[C@@]1(C)C[C@@H]2O. The Bertz CT molecular complexity index is 1190. The Morgan fingerprint density at radius 3 is 2.72 bits per heavy atom. The van der Waals surface area contributed by atoms with Gasteiger partial charge in [-0.05, 0) is 50.0 Å². The molecule has 0 aromatic carbocycles. The molecule has 0 bridgehead atoms. The van der Waals surface area contributed by atoms with E-state index < -0.39 is 53.9 Å². The summed E-state index contributed by atoms with van der Waals surface area (Å²) in [6.07, 6.45) is 6.68. The second kappa shape index (κ2) is 9.63. The molecule has 10 atom stereocenters. The third-order valence-electron chi connectivity index (χ3n) is 11.2. The topological polar surface area (TPSA) is 99.1 Å². The van der Waals surface area contributed by atoms with Crippen LogP contribution in [0, 0.1) is 40.4 Å². The van der Waals surface area contributed by atoms with Gasteiger partial charge in [0.2, 0.25) is 5.78 Å². The number of hydrogen-bond donors (Lipinski definition) is 1. The van der Waals surface area contributed by atoms with Gasteiger partial charge in [0.05, 0.1) is 19.5 Å². The highest BCUT2D eigenvalue weighted by Crippen LogP contribution is 2.69. The highest BCUT2D eigenvalue weighted by atomic mass is 16.7. The lowest BCUT2D eigenvalue weighted by atomic mass is 9.47. The van der Waals surface area contributed by atoms with Crippen LogP contribution in [-0.4, -0.2) is 53.3 Å². The third kappa shape index (κ3) is 3.97. The molecule has 0 aromatic rings. The number of carbonyl (C=O) groups is 3. The van der Waals surface area contributed by atoms with Crippen molar-refractivity contribution in [3.8, 4) is 0 Å². The lowest BCUT2D eigenvalue weighted by molar-refractivity contribution is -0.208. The summed E-state index contributed by atoms with van der Waals surface area (Å²) in [6.45, 7) is 7.01. The van der Waals surface area contributed by atoms with Gasteiger partial charge in [-0.3, -0.25) is 14.4 Å². The first-order valence-electron chi connectivity index (χ1n) is 16.0. The molecule has 6 rings (SSSR count). The molecule has 7 nitrogen and oxygen atoms in total. The van der Waals surface area contributed by atoms with Gasteiger partial charge in [0.1, 0.15) is 0 Å². The van der Waals surface area contributed by atoms with Gasteiger partial charge in [-0.15, -0.1) is 0 Å². The highest BCUT2D eigenvalue weighted by Gasteiger charge is 2.76. The maximum absolute atomic E-state index is 14.3. The van der Waals surface area contributed by atoms with Crippen molar-refractivity contribution >= 4 is 17.5 Å². The van der Waals surface area contributed by atoms with E-state index >= 15 is 0 Å². The summed E-state index contributed by atoms with van der Waals surface area (Å²) < 4.78 is 36.5. The Morgan fingerprint density at radius 1 is 1.26 bits per heavy atom. The lowest BCUT2D eigenvalue weighted by Crippen LogP contribution is -2.63. The molecule has 1 heterocycles. The van der Waals surface area contributed by atoms with Crippen LogP contribution in [0.3, 0.4) is 0 Å². The van der Waals surface area contributed by atoms with Gasteiger partial charge >= 0.3 is 5.97 Å². The molecule has 1 aliphatic heterocycles. The molecule has 0 amide bonds. The number of allylic oxidation sites excluding steroid dienone is 4. The van der Waals surface area contributed by atoms with E-state index in [4.69, 9.17) is 17.0 Å². The summed E-state index contributed by atoms with van der Waals surface area (Å²) in [4.78, 5) is 39.1. The Hall–Kier alpha value is -1.83. The molecule has 214 valence electrons. The minimum absolute atomic E-state index is 0.105. The zero-order valence-corrected chi connectivity index (χ0v) is 23.6. The molecular weight excluding hydrogens is 496 g/mol. The molecule has 7 heteroatoms. The first-order valence-corrected chi connectivity index (χ1v) is 14.9. The summed E-state index contributed by atoms with van der Waals surface area (Å²) in [7, 11) is 0. The van der Waals surface area contributed by atoms with E-state index in [0.717, 1.165) is 25.7 Å². The first-order chi connectivity index (χ1) is 19.3. The van der Waals surface area contributed by atoms with Crippen molar-refractivity contribution in [2.24, 2.45) is 40.4 Å². The molecule has 1 N–H and O–H groups in total. The third-order valence-corrected chi connectivity index (χ3v) is 11.2. The van der Waals surface area contributed by atoms with Crippen molar-refractivity contribution in [1.82, 2.24) is 0 Å². The smallest absolute Gasteiger partial charge is 0.308 e. The second-order valence-electron chi connectivity index (χ2n) is 13.6. The van der Waals surface area contributed by atoms with Crippen molar-refractivity contribution in [3.63, 3.8) is 0 Å². The number of hydrogen-bond acceptors (Lipinski definition) is 7. The molecular formula is C32H44O7. The first kappa shape index (κ1) is 24.9. The molecule has 3 saturated carbocycles. The van der Waals surface area contributed by atoms with Gasteiger partial charge in [-0.1, -0.05) is 64.7 Å². The van der Waals surface area contributed by atoms with E-state index in [0.29, 0.717) is 18.4 Å². The van der Waals surface area contributed by atoms with Gasteiger partial charge < -0.3 is 19.3 Å². The summed E-state index contributed by atoms with van der Waals surface area (Å²) in [5, 5.41) is 11.9. The van der Waals surface area contributed by atoms with Crippen LogP contribution >= 0.6 is 0 Å². The Morgan fingerprint density at radius 2 is 2.00 bits per heavy atom. The van der Waals surface area contributed by atoms with Crippen LogP contribution in [0.15, 0.2) is 23.8 Å². The maximum atomic E-state index is 14.3. The minimum Gasteiger partial charge on any atom is -0.457 e. The largest absolute Gasteiger partial charge is 0.457 e. The normalized spacial score (nSPS) is 48.2. The van der Waals surface area contributed by atoms with Crippen molar-refractivity contribution in [3.05, 3.63) is 23.8 Å². The van der Waals surface area contributed by atoms with E-state index in [9.17, 15) is 19.5 Å². The zero-order valence-electron chi connectivity index (χ0n) is 25.6. The van der Waals surface area contributed by atoms with Gasteiger partial charge in [-0.25, -0.2) is 0 Å². The summed E-state index contributed by atoms with van der Waals surface area (Å²) >= 11 is 0. The van der Waals surface area contributed by atoms with Crippen molar-refractivity contribution in [2.45, 2.75) is 110 Å². The number of aliphatic hydroxyl groups is 1. The van der Waals surface area contributed by atoms with Gasteiger partial charge in [0, 0.05) is 30.4 Å². The molecule has 4 fully saturated rings. The minimum atomic E-state index is -1.37. The van der Waals surface area contributed by atoms with Gasteiger partial charge in [-0.2, -0.15) is 0 Å². The van der Waals surface area contributed by atoms with Gasteiger partial charge in [0.15, 0.2) is 24.3 Å². The molecule has 5 aliphatic carbocycles. The van der Waals surface area contributed by atoms with Crippen LogP contribution in [0.1, 0.15) is 88.2 Å². The van der Waals surface area contributed by atoms with Crippen molar-refractivity contribution < 1.29 is 36.4 Å². The van der Waals surface area contributed by atoms with Crippen LogP contribution in [0.5, 0.6) is 0 Å². The number of esters is 1. The molecule has 0 radical (unpaired) electrons. The summed E-state index contributed by atoms with van der Waals surface area (Å²) in [5.74, 6) is -1.84. The molecule has 1 saturated heterocycles. The predicted molar refractivity (Wildman–Crippen MR) is 143 cm³/mol. The average molecular weight is 543 g/mol. The van der Waals surface area contributed by atoms with E-state index in [-0.39, 0.29) is 53.6 Å². The van der Waals surface area contributed by atoms with Gasteiger partial charge in [0.25, 0.3) is 0 Å². The fourth-order valence-electron chi connectivity index (χ4n) is 9.23. The number of rotatable bonds is 5. The van der Waals surface area contributed by atoms with Crippen molar-refractivity contribution in [1.29, 1.82) is 0 Å². The van der Waals surface area contributed by atoms with E-state index in [1.807, 2.05) is 13.8 Å². The van der Waals surface area contributed by atoms with Crippen LogP contribution in [0.2, 0.25) is 0 Å². The monoisotopic (exact) mass is 542 g/mol. The average Bonchev–Trinajstić information content (AvgIpc) is 3.43. The predicted octanol–water partition coefficient (Wildman–Crippen LogP) is 4.70. The fourth-order valence-corrected chi connectivity index (χ4v) is 9.23. The molecule has 6 aliphatic rings. The second-order valence-corrected chi connectivity index (χ2v) is 13.6. The molecule has 39 heavy (non-hydrogen) atoms. The zero-order chi connectivity index (χ0) is 29.5. The molecule has 0 spiro atoms.